The molecule has 0 bridgehead atoms. The number of fused-ring (bicyclic) bond motifs is 1. The van der Waals surface area contributed by atoms with Gasteiger partial charge in [0.1, 0.15) is 5.69 Å². The normalized spacial score (nSPS) is 12.3. The number of hydrogen-bond acceptors (Lipinski definition) is 2. The molecule has 3 aromatic rings. The summed E-state index contributed by atoms with van der Waals surface area (Å²) >= 11 is 3.42. The lowest BCUT2D eigenvalue weighted by molar-refractivity contribution is 0.0935. The van der Waals surface area contributed by atoms with E-state index in [1.54, 1.807) is 12.4 Å². The van der Waals surface area contributed by atoms with Gasteiger partial charge in [-0.05, 0) is 42.8 Å². The minimum Gasteiger partial charge on any atom is -0.350 e. The lowest BCUT2D eigenvalue weighted by Gasteiger charge is -2.13. The van der Waals surface area contributed by atoms with Gasteiger partial charge in [0.15, 0.2) is 0 Å². The highest BCUT2D eigenvalue weighted by Crippen LogP contribution is 2.21. The number of H-pyrrole nitrogens is 1. The Morgan fingerprint density at radius 3 is 2.76 bits per heavy atom. The molecular formula is C16H14BrN3O. The number of nitrogens with one attached hydrogen (secondary N) is 2. The van der Waals surface area contributed by atoms with E-state index in [0.717, 1.165) is 20.9 Å². The predicted octanol–water partition coefficient (Wildman–Crippen LogP) is 3.82. The van der Waals surface area contributed by atoms with E-state index in [4.69, 9.17) is 0 Å². The molecule has 1 amide bonds. The molecule has 3 rings (SSSR count). The summed E-state index contributed by atoms with van der Waals surface area (Å²) in [6, 6.07) is 11.5. The maximum atomic E-state index is 12.3. The molecule has 0 radical (unpaired) electrons. The lowest BCUT2D eigenvalue weighted by atomic mass is 10.1. The molecule has 0 saturated heterocycles. The third kappa shape index (κ3) is 2.97. The number of pyridine rings is 1. The van der Waals surface area contributed by atoms with E-state index in [0.29, 0.717) is 5.69 Å². The van der Waals surface area contributed by atoms with Gasteiger partial charge in [-0.25, -0.2) is 0 Å². The minimum atomic E-state index is -0.119. The zero-order valence-electron chi connectivity index (χ0n) is 11.4. The largest absolute Gasteiger partial charge is 0.350 e. The van der Waals surface area contributed by atoms with E-state index in [9.17, 15) is 4.79 Å². The molecule has 0 aliphatic heterocycles. The number of benzene rings is 1. The highest BCUT2D eigenvalue weighted by molar-refractivity contribution is 9.10. The third-order valence-electron chi connectivity index (χ3n) is 3.38. The van der Waals surface area contributed by atoms with Gasteiger partial charge in [-0.3, -0.25) is 9.78 Å². The smallest absolute Gasteiger partial charge is 0.268 e. The predicted molar refractivity (Wildman–Crippen MR) is 86.1 cm³/mol. The second kappa shape index (κ2) is 5.69. The molecule has 0 aliphatic carbocycles. The summed E-state index contributed by atoms with van der Waals surface area (Å²) in [4.78, 5) is 19.4. The van der Waals surface area contributed by atoms with E-state index in [2.05, 4.69) is 31.2 Å². The van der Waals surface area contributed by atoms with Crippen LogP contribution >= 0.6 is 15.9 Å². The molecule has 1 unspecified atom stereocenters. The van der Waals surface area contributed by atoms with Gasteiger partial charge in [0.05, 0.1) is 6.04 Å². The van der Waals surface area contributed by atoms with E-state index in [-0.39, 0.29) is 11.9 Å². The molecule has 2 aromatic heterocycles. The fourth-order valence-electron chi connectivity index (χ4n) is 2.23. The highest BCUT2D eigenvalue weighted by atomic mass is 79.9. The first-order valence-corrected chi connectivity index (χ1v) is 7.42. The number of nitrogens with zero attached hydrogens (tertiary/aromatic N) is 1. The standard InChI is InChI=1S/C16H14BrN3O/c1-10(11-4-6-18-7-5-11)19-16(21)15-8-12-2-3-13(17)9-14(12)20-15/h2-10,20H,1H3,(H,19,21). The van der Waals surface area contributed by atoms with Gasteiger partial charge in [-0.2, -0.15) is 0 Å². The van der Waals surface area contributed by atoms with Crippen LogP contribution < -0.4 is 5.32 Å². The fourth-order valence-corrected chi connectivity index (χ4v) is 2.59. The summed E-state index contributed by atoms with van der Waals surface area (Å²) in [5.74, 6) is -0.119. The quantitative estimate of drug-likeness (QED) is 0.759. The number of rotatable bonds is 3. The molecule has 2 N–H and O–H groups in total. The molecular weight excluding hydrogens is 330 g/mol. The summed E-state index contributed by atoms with van der Waals surface area (Å²) in [6.45, 7) is 1.95. The van der Waals surface area contributed by atoms with Gasteiger partial charge in [0, 0.05) is 27.8 Å². The van der Waals surface area contributed by atoms with Crippen molar-refractivity contribution in [2.75, 3.05) is 0 Å². The van der Waals surface area contributed by atoms with Gasteiger partial charge in [-0.15, -0.1) is 0 Å². The Morgan fingerprint density at radius 1 is 1.24 bits per heavy atom. The van der Waals surface area contributed by atoms with Crippen LogP contribution in [0.3, 0.4) is 0 Å². The highest BCUT2D eigenvalue weighted by Gasteiger charge is 2.13. The van der Waals surface area contributed by atoms with Crippen LogP contribution in [0.5, 0.6) is 0 Å². The van der Waals surface area contributed by atoms with Crippen molar-refractivity contribution in [2.45, 2.75) is 13.0 Å². The van der Waals surface area contributed by atoms with Crippen molar-refractivity contribution in [2.24, 2.45) is 0 Å². The molecule has 5 heteroatoms. The van der Waals surface area contributed by atoms with Gasteiger partial charge in [0.2, 0.25) is 0 Å². The minimum absolute atomic E-state index is 0.0707. The van der Waals surface area contributed by atoms with Crippen molar-refractivity contribution in [3.8, 4) is 0 Å². The first kappa shape index (κ1) is 13.8. The van der Waals surface area contributed by atoms with Crippen LogP contribution in [-0.2, 0) is 0 Å². The van der Waals surface area contributed by atoms with Gasteiger partial charge >= 0.3 is 0 Å². The molecule has 0 fully saturated rings. The Kier molecular flexibility index (Phi) is 3.75. The van der Waals surface area contributed by atoms with Crippen LogP contribution in [-0.4, -0.2) is 15.9 Å². The number of halogens is 1. The van der Waals surface area contributed by atoms with E-state index in [1.807, 2.05) is 43.3 Å². The Balaban J connectivity index is 1.80. The first-order valence-electron chi connectivity index (χ1n) is 6.62. The van der Waals surface area contributed by atoms with Crippen LogP contribution in [0.4, 0.5) is 0 Å². The van der Waals surface area contributed by atoms with Crippen molar-refractivity contribution in [1.82, 2.24) is 15.3 Å². The summed E-state index contributed by atoms with van der Waals surface area (Å²) in [5.41, 5.74) is 2.52. The number of carbonyl (C=O) groups is 1. The second-order valence-corrected chi connectivity index (χ2v) is 5.81. The summed E-state index contributed by atoms with van der Waals surface area (Å²) in [7, 11) is 0. The summed E-state index contributed by atoms with van der Waals surface area (Å²) < 4.78 is 0.981. The molecule has 0 saturated carbocycles. The van der Waals surface area contributed by atoms with Crippen molar-refractivity contribution >= 4 is 32.7 Å². The number of aromatic nitrogens is 2. The van der Waals surface area contributed by atoms with Crippen LogP contribution in [0, 0.1) is 0 Å². The number of aromatic amines is 1. The number of carbonyl (C=O) groups excluding carboxylic acids is 1. The zero-order valence-corrected chi connectivity index (χ0v) is 13.0. The van der Waals surface area contributed by atoms with Crippen LogP contribution in [0.15, 0.2) is 53.3 Å². The van der Waals surface area contributed by atoms with Crippen molar-refractivity contribution in [1.29, 1.82) is 0 Å². The van der Waals surface area contributed by atoms with E-state index < -0.39 is 0 Å². The Labute approximate surface area is 130 Å². The molecule has 0 aliphatic rings. The monoisotopic (exact) mass is 343 g/mol. The van der Waals surface area contributed by atoms with Crippen LogP contribution in [0.1, 0.15) is 29.0 Å². The Morgan fingerprint density at radius 2 is 2.00 bits per heavy atom. The molecule has 0 spiro atoms. The molecule has 1 aromatic carbocycles. The second-order valence-electron chi connectivity index (χ2n) is 4.89. The fraction of sp³-hybridized carbons (Fsp3) is 0.125. The average Bonchev–Trinajstić information content (AvgIpc) is 2.91. The maximum Gasteiger partial charge on any atom is 0.268 e. The molecule has 21 heavy (non-hydrogen) atoms. The van der Waals surface area contributed by atoms with Crippen molar-refractivity contribution in [3.05, 3.63) is 64.5 Å². The lowest BCUT2D eigenvalue weighted by Crippen LogP contribution is -2.26. The van der Waals surface area contributed by atoms with Crippen LogP contribution in [0.25, 0.3) is 10.9 Å². The summed E-state index contributed by atoms with van der Waals surface area (Å²) in [6.07, 6.45) is 3.44. The maximum absolute atomic E-state index is 12.3. The topological polar surface area (TPSA) is 57.8 Å². The first-order chi connectivity index (χ1) is 10.1. The SMILES string of the molecule is CC(NC(=O)c1cc2ccc(Br)cc2[nH]1)c1ccncc1. The number of amides is 1. The third-order valence-corrected chi connectivity index (χ3v) is 3.88. The zero-order chi connectivity index (χ0) is 14.8. The van der Waals surface area contributed by atoms with Crippen molar-refractivity contribution in [3.63, 3.8) is 0 Å². The van der Waals surface area contributed by atoms with E-state index >= 15 is 0 Å². The average molecular weight is 344 g/mol. The Bertz CT molecular complexity index is 783. The molecule has 4 nitrogen and oxygen atoms in total. The van der Waals surface area contributed by atoms with Crippen molar-refractivity contribution < 1.29 is 4.79 Å². The van der Waals surface area contributed by atoms with Gasteiger partial charge in [-0.1, -0.05) is 22.0 Å². The molecule has 1 atom stereocenters. The Hall–Kier alpha value is -2.14. The molecule has 106 valence electrons. The molecule has 2 heterocycles. The summed E-state index contributed by atoms with van der Waals surface area (Å²) in [5, 5.41) is 3.99. The van der Waals surface area contributed by atoms with Gasteiger partial charge in [0.25, 0.3) is 5.91 Å². The van der Waals surface area contributed by atoms with Crippen LogP contribution in [0.2, 0.25) is 0 Å². The van der Waals surface area contributed by atoms with E-state index in [1.165, 1.54) is 0 Å². The van der Waals surface area contributed by atoms with Gasteiger partial charge < -0.3 is 10.3 Å². The number of hydrogen-bond donors (Lipinski definition) is 2.